The monoisotopic (exact) mass is 331 g/mol. The SMILES string of the molecule is COc1ccc([C@@H]2NN=C3c4[nH]c5ccc(C)cc5c4CC[C@@H]32)cc1. The summed E-state index contributed by atoms with van der Waals surface area (Å²) in [6, 6.07) is 15.2. The Bertz CT molecular complexity index is 984. The first-order valence-corrected chi connectivity index (χ1v) is 8.83. The largest absolute Gasteiger partial charge is 0.497 e. The summed E-state index contributed by atoms with van der Waals surface area (Å²) in [6.45, 7) is 2.15. The second kappa shape index (κ2) is 5.38. The van der Waals surface area contributed by atoms with Gasteiger partial charge in [-0.15, -0.1) is 0 Å². The molecule has 0 fully saturated rings. The average Bonchev–Trinajstić information content (AvgIpc) is 3.22. The second-order valence-corrected chi connectivity index (χ2v) is 7.05. The minimum Gasteiger partial charge on any atom is -0.497 e. The van der Waals surface area contributed by atoms with Gasteiger partial charge in [0.2, 0.25) is 0 Å². The van der Waals surface area contributed by atoms with Crippen molar-refractivity contribution in [3.63, 3.8) is 0 Å². The molecule has 1 aliphatic carbocycles. The molecule has 0 saturated heterocycles. The molecule has 0 saturated carbocycles. The summed E-state index contributed by atoms with van der Waals surface area (Å²) < 4.78 is 5.27. The Morgan fingerprint density at radius 2 is 1.96 bits per heavy atom. The smallest absolute Gasteiger partial charge is 0.118 e. The van der Waals surface area contributed by atoms with Gasteiger partial charge in [0, 0.05) is 16.8 Å². The zero-order chi connectivity index (χ0) is 17.0. The summed E-state index contributed by atoms with van der Waals surface area (Å²) in [5.41, 5.74) is 11.0. The van der Waals surface area contributed by atoms with E-state index in [1.54, 1.807) is 7.11 Å². The number of rotatable bonds is 2. The van der Waals surface area contributed by atoms with Gasteiger partial charge in [-0.05, 0) is 55.2 Å². The van der Waals surface area contributed by atoms with Gasteiger partial charge in [0.15, 0.2) is 0 Å². The van der Waals surface area contributed by atoms with Gasteiger partial charge < -0.3 is 15.1 Å². The summed E-state index contributed by atoms with van der Waals surface area (Å²) >= 11 is 0. The number of benzene rings is 2. The lowest BCUT2D eigenvalue weighted by Gasteiger charge is -2.25. The van der Waals surface area contributed by atoms with Crippen LogP contribution in [0.1, 0.15) is 34.8 Å². The Balaban J connectivity index is 1.53. The maximum atomic E-state index is 5.27. The van der Waals surface area contributed by atoms with Gasteiger partial charge in [-0.3, -0.25) is 0 Å². The van der Waals surface area contributed by atoms with Gasteiger partial charge in [0.1, 0.15) is 5.75 Å². The van der Waals surface area contributed by atoms with E-state index >= 15 is 0 Å². The lowest BCUT2D eigenvalue weighted by atomic mass is 9.79. The van der Waals surface area contributed by atoms with Crippen LogP contribution in [-0.2, 0) is 6.42 Å². The molecule has 2 aromatic carbocycles. The normalized spacial score (nSPS) is 21.4. The minimum absolute atomic E-state index is 0.238. The first kappa shape index (κ1) is 14.6. The highest BCUT2D eigenvalue weighted by Crippen LogP contribution is 2.40. The number of hydrogen-bond donors (Lipinski definition) is 2. The third-order valence-corrected chi connectivity index (χ3v) is 5.58. The molecule has 25 heavy (non-hydrogen) atoms. The van der Waals surface area contributed by atoms with Crippen LogP contribution in [0.2, 0.25) is 0 Å². The van der Waals surface area contributed by atoms with Gasteiger partial charge >= 0.3 is 0 Å². The number of methoxy groups -OCH3 is 1. The van der Waals surface area contributed by atoms with E-state index in [0.717, 1.165) is 18.6 Å². The molecule has 126 valence electrons. The predicted octanol–water partition coefficient (Wildman–Crippen LogP) is 4.10. The van der Waals surface area contributed by atoms with Crippen molar-refractivity contribution in [3.05, 3.63) is 64.8 Å². The molecular formula is C21H21N3O. The Hall–Kier alpha value is -2.75. The van der Waals surface area contributed by atoms with E-state index in [0.29, 0.717) is 5.92 Å². The van der Waals surface area contributed by atoms with Gasteiger partial charge in [-0.25, -0.2) is 0 Å². The summed E-state index contributed by atoms with van der Waals surface area (Å²) in [5, 5.41) is 6.07. The number of aryl methyl sites for hydroxylation is 2. The number of ether oxygens (including phenoxy) is 1. The van der Waals surface area contributed by atoms with E-state index in [1.165, 1.54) is 39.0 Å². The van der Waals surface area contributed by atoms with Crippen molar-refractivity contribution in [3.8, 4) is 5.75 Å². The Labute approximate surface area is 146 Å². The van der Waals surface area contributed by atoms with Crippen molar-refractivity contribution < 1.29 is 4.74 Å². The third kappa shape index (κ3) is 2.17. The number of hydrogen-bond acceptors (Lipinski definition) is 3. The Kier molecular flexibility index (Phi) is 3.14. The molecule has 0 radical (unpaired) electrons. The summed E-state index contributed by atoms with van der Waals surface area (Å²) in [5.74, 6) is 1.30. The third-order valence-electron chi connectivity index (χ3n) is 5.58. The second-order valence-electron chi connectivity index (χ2n) is 7.05. The van der Waals surface area contributed by atoms with Gasteiger partial charge in [-0.2, -0.15) is 5.10 Å². The van der Waals surface area contributed by atoms with E-state index < -0.39 is 0 Å². The van der Waals surface area contributed by atoms with E-state index in [9.17, 15) is 0 Å². The van der Waals surface area contributed by atoms with Crippen LogP contribution in [0.15, 0.2) is 47.6 Å². The fourth-order valence-electron chi connectivity index (χ4n) is 4.27. The van der Waals surface area contributed by atoms with Crippen LogP contribution in [0.4, 0.5) is 0 Å². The molecule has 4 heteroatoms. The van der Waals surface area contributed by atoms with Crippen LogP contribution >= 0.6 is 0 Å². The molecule has 3 aromatic rings. The highest BCUT2D eigenvalue weighted by molar-refractivity contribution is 6.08. The number of hydrazone groups is 1. The zero-order valence-corrected chi connectivity index (χ0v) is 14.5. The van der Waals surface area contributed by atoms with Crippen LogP contribution < -0.4 is 10.2 Å². The van der Waals surface area contributed by atoms with Crippen LogP contribution in [0.5, 0.6) is 5.75 Å². The number of nitrogens with zero attached hydrogens (tertiary/aromatic N) is 1. The van der Waals surface area contributed by atoms with Crippen molar-refractivity contribution in [2.45, 2.75) is 25.8 Å². The molecular weight excluding hydrogens is 310 g/mol. The molecule has 2 heterocycles. The van der Waals surface area contributed by atoms with Gasteiger partial charge in [-0.1, -0.05) is 23.8 Å². The summed E-state index contributed by atoms with van der Waals surface area (Å²) in [4.78, 5) is 3.61. The van der Waals surface area contributed by atoms with Crippen LogP contribution in [0.25, 0.3) is 10.9 Å². The van der Waals surface area contributed by atoms with Crippen LogP contribution in [0.3, 0.4) is 0 Å². The number of nitrogens with one attached hydrogen (secondary N) is 2. The average molecular weight is 331 g/mol. The first-order valence-electron chi connectivity index (χ1n) is 8.83. The summed E-state index contributed by atoms with van der Waals surface area (Å²) in [7, 11) is 1.70. The molecule has 5 rings (SSSR count). The molecule has 4 nitrogen and oxygen atoms in total. The van der Waals surface area contributed by atoms with Gasteiger partial charge in [0.05, 0.1) is 24.6 Å². The Morgan fingerprint density at radius 3 is 2.76 bits per heavy atom. The number of aromatic nitrogens is 1. The molecule has 0 unspecified atom stereocenters. The van der Waals surface area contributed by atoms with E-state index in [1.807, 2.05) is 12.1 Å². The van der Waals surface area contributed by atoms with E-state index in [-0.39, 0.29) is 6.04 Å². The molecule has 0 amide bonds. The zero-order valence-electron chi connectivity index (χ0n) is 14.5. The Morgan fingerprint density at radius 1 is 1.12 bits per heavy atom. The lowest BCUT2D eigenvalue weighted by molar-refractivity contribution is 0.413. The molecule has 1 aromatic heterocycles. The first-order chi connectivity index (χ1) is 12.2. The molecule has 1 aliphatic heterocycles. The van der Waals surface area contributed by atoms with Crippen LogP contribution in [0, 0.1) is 12.8 Å². The minimum atomic E-state index is 0.238. The van der Waals surface area contributed by atoms with Crippen molar-refractivity contribution in [2.75, 3.05) is 7.11 Å². The fourth-order valence-corrected chi connectivity index (χ4v) is 4.27. The van der Waals surface area contributed by atoms with Crippen molar-refractivity contribution in [2.24, 2.45) is 11.0 Å². The topological polar surface area (TPSA) is 49.4 Å². The molecule has 0 spiro atoms. The van der Waals surface area contributed by atoms with E-state index in [2.05, 4.69) is 47.7 Å². The summed E-state index contributed by atoms with van der Waals surface area (Å²) in [6.07, 6.45) is 2.22. The molecule has 2 N–H and O–H groups in total. The predicted molar refractivity (Wildman–Crippen MR) is 100 cm³/mol. The molecule has 0 bridgehead atoms. The maximum absolute atomic E-state index is 5.27. The highest BCUT2D eigenvalue weighted by atomic mass is 16.5. The fraction of sp³-hybridized carbons (Fsp3) is 0.286. The van der Waals surface area contributed by atoms with Crippen molar-refractivity contribution in [1.82, 2.24) is 10.4 Å². The van der Waals surface area contributed by atoms with Crippen molar-refractivity contribution in [1.29, 1.82) is 0 Å². The standard InChI is InChI=1S/C21H21N3O/c1-12-3-10-18-17(11-12)15-8-9-16-19(23-24-21(16)20(15)22-18)13-4-6-14(25-2)7-5-13/h3-7,10-11,16,19,22-23H,8-9H2,1-2H3/t16-,19+/m1/s1. The molecule has 2 aliphatic rings. The number of fused-ring (bicyclic) bond motifs is 5. The van der Waals surface area contributed by atoms with E-state index in [4.69, 9.17) is 9.84 Å². The van der Waals surface area contributed by atoms with Crippen LogP contribution in [-0.4, -0.2) is 17.8 Å². The quantitative estimate of drug-likeness (QED) is 0.743. The maximum Gasteiger partial charge on any atom is 0.118 e. The number of aromatic amines is 1. The van der Waals surface area contributed by atoms with Crippen molar-refractivity contribution >= 4 is 16.6 Å². The number of H-pyrrole nitrogens is 1. The molecule has 2 atom stereocenters. The lowest BCUT2D eigenvalue weighted by Crippen LogP contribution is -2.26. The highest BCUT2D eigenvalue weighted by Gasteiger charge is 2.38. The van der Waals surface area contributed by atoms with Gasteiger partial charge in [0.25, 0.3) is 0 Å².